The molecule has 0 bridgehead atoms. The minimum Gasteiger partial charge on any atom is -0.378 e. The van der Waals surface area contributed by atoms with E-state index in [1.165, 1.54) is 4.88 Å². The maximum absolute atomic E-state index is 5.97. The van der Waals surface area contributed by atoms with Crippen LogP contribution in [0.25, 0.3) is 0 Å². The molecule has 1 aromatic heterocycles. The monoisotopic (exact) mass is 267 g/mol. The van der Waals surface area contributed by atoms with Gasteiger partial charge in [0.05, 0.1) is 12.2 Å². The first-order valence-electron chi connectivity index (χ1n) is 6.79. The second kappa shape index (κ2) is 5.29. The predicted octanol–water partition coefficient (Wildman–Crippen LogP) is 2.74. The first-order valence-corrected chi connectivity index (χ1v) is 7.67. The lowest BCUT2D eigenvalue weighted by Gasteiger charge is -2.38. The van der Waals surface area contributed by atoms with Crippen LogP contribution >= 0.6 is 11.3 Å². The molecule has 3 nitrogen and oxygen atoms in total. The van der Waals surface area contributed by atoms with E-state index in [2.05, 4.69) is 29.8 Å². The maximum Gasteiger partial charge on any atom is 0.0951 e. The third kappa shape index (κ3) is 2.62. The molecule has 4 heteroatoms. The number of nitrogens with one attached hydrogen (secondary N) is 1. The van der Waals surface area contributed by atoms with Crippen molar-refractivity contribution in [3.8, 4) is 0 Å². The van der Waals surface area contributed by atoms with Crippen LogP contribution in [-0.2, 0) is 9.47 Å². The second-order valence-corrected chi connectivity index (χ2v) is 6.41. The van der Waals surface area contributed by atoms with E-state index in [4.69, 9.17) is 9.47 Å². The SMILES string of the molecule is C[C@H](NC1CCOC2(CCOC2)C1)c1cccs1. The fraction of sp³-hybridized carbons (Fsp3) is 0.714. The van der Waals surface area contributed by atoms with E-state index in [1.54, 1.807) is 0 Å². The molecule has 2 unspecified atom stereocenters. The third-order valence-corrected chi connectivity index (χ3v) is 5.07. The maximum atomic E-state index is 5.97. The molecular weight excluding hydrogens is 246 g/mol. The molecule has 0 amide bonds. The predicted molar refractivity (Wildman–Crippen MR) is 73.0 cm³/mol. The average molecular weight is 267 g/mol. The Morgan fingerprint density at radius 1 is 1.50 bits per heavy atom. The molecule has 3 rings (SSSR count). The normalized spacial score (nSPS) is 33.9. The standard InChI is InChI=1S/C14H21NO2S/c1-11(13-3-2-8-18-13)15-12-4-6-17-14(9-12)5-7-16-10-14/h2-3,8,11-12,15H,4-7,9-10H2,1H3/t11-,12?,14?/m0/s1. The number of thiophene rings is 1. The Morgan fingerprint density at radius 3 is 3.17 bits per heavy atom. The summed E-state index contributed by atoms with van der Waals surface area (Å²) in [4.78, 5) is 1.42. The number of rotatable bonds is 3. The van der Waals surface area contributed by atoms with Crippen molar-refractivity contribution in [1.82, 2.24) is 5.32 Å². The van der Waals surface area contributed by atoms with Crippen LogP contribution in [-0.4, -0.2) is 31.5 Å². The van der Waals surface area contributed by atoms with Crippen LogP contribution in [0.1, 0.15) is 37.1 Å². The molecule has 1 N–H and O–H groups in total. The number of hydrogen-bond donors (Lipinski definition) is 1. The molecule has 18 heavy (non-hydrogen) atoms. The third-order valence-electron chi connectivity index (χ3n) is 4.02. The molecule has 0 aliphatic carbocycles. The number of hydrogen-bond acceptors (Lipinski definition) is 4. The first kappa shape index (κ1) is 12.6. The summed E-state index contributed by atoms with van der Waals surface area (Å²) < 4.78 is 11.5. The van der Waals surface area contributed by atoms with Gasteiger partial charge in [-0.1, -0.05) is 6.07 Å². The van der Waals surface area contributed by atoms with E-state index in [-0.39, 0.29) is 5.60 Å². The molecule has 3 atom stereocenters. The smallest absolute Gasteiger partial charge is 0.0951 e. The molecule has 2 fully saturated rings. The van der Waals surface area contributed by atoms with Gasteiger partial charge in [0.1, 0.15) is 0 Å². The highest BCUT2D eigenvalue weighted by Gasteiger charge is 2.41. The molecule has 2 aliphatic rings. The van der Waals surface area contributed by atoms with E-state index in [1.807, 2.05) is 11.3 Å². The fourth-order valence-corrected chi connectivity index (χ4v) is 3.75. The highest BCUT2D eigenvalue weighted by molar-refractivity contribution is 7.10. The van der Waals surface area contributed by atoms with Gasteiger partial charge in [0.25, 0.3) is 0 Å². The molecule has 2 aliphatic heterocycles. The van der Waals surface area contributed by atoms with Crippen LogP contribution in [0, 0.1) is 0 Å². The summed E-state index contributed by atoms with van der Waals surface area (Å²) in [6.07, 6.45) is 3.25. The summed E-state index contributed by atoms with van der Waals surface area (Å²) >= 11 is 1.82. The summed E-state index contributed by atoms with van der Waals surface area (Å²) in [5.74, 6) is 0. The van der Waals surface area contributed by atoms with Crippen LogP contribution in [0.3, 0.4) is 0 Å². The van der Waals surface area contributed by atoms with E-state index >= 15 is 0 Å². The summed E-state index contributed by atoms with van der Waals surface area (Å²) in [6.45, 7) is 4.74. The molecule has 3 heterocycles. The van der Waals surface area contributed by atoms with Crippen molar-refractivity contribution in [1.29, 1.82) is 0 Å². The van der Waals surface area contributed by atoms with Gasteiger partial charge < -0.3 is 14.8 Å². The van der Waals surface area contributed by atoms with Gasteiger partial charge in [0.2, 0.25) is 0 Å². The molecule has 100 valence electrons. The summed E-state index contributed by atoms with van der Waals surface area (Å²) in [7, 11) is 0. The zero-order valence-electron chi connectivity index (χ0n) is 10.9. The lowest BCUT2D eigenvalue weighted by Crippen LogP contribution is -2.47. The quantitative estimate of drug-likeness (QED) is 0.913. The van der Waals surface area contributed by atoms with Crippen LogP contribution in [0.4, 0.5) is 0 Å². The Balaban J connectivity index is 1.59. The van der Waals surface area contributed by atoms with E-state index in [0.29, 0.717) is 12.1 Å². The molecule has 0 radical (unpaired) electrons. The van der Waals surface area contributed by atoms with Crippen LogP contribution in [0.15, 0.2) is 17.5 Å². The van der Waals surface area contributed by atoms with Crippen LogP contribution in [0.2, 0.25) is 0 Å². The Labute approximate surface area is 112 Å². The van der Waals surface area contributed by atoms with Gasteiger partial charge in [-0.3, -0.25) is 0 Å². The van der Waals surface area contributed by atoms with Crippen LogP contribution in [0.5, 0.6) is 0 Å². The van der Waals surface area contributed by atoms with Gasteiger partial charge in [0, 0.05) is 36.6 Å². The van der Waals surface area contributed by atoms with E-state index in [9.17, 15) is 0 Å². The van der Waals surface area contributed by atoms with Gasteiger partial charge in [-0.25, -0.2) is 0 Å². The molecular formula is C14H21NO2S. The van der Waals surface area contributed by atoms with Crippen molar-refractivity contribution < 1.29 is 9.47 Å². The molecule has 2 saturated heterocycles. The fourth-order valence-electron chi connectivity index (χ4n) is 3.01. The van der Waals surface area contributed by atoms with Gasteiger partial charge in [-0.05, 0) is 31.2 Å². The highest BCUT2D eigenvalue weighted by atomic mass is 32.1. The summed E-state index contributed by atoms with van der Waals surface area (Å²) in [5.41, 5.74) is 0.00505. The van der Waals surface area contributed by atoms with Crippen molar-refractivity contribution in [2.45, 2.75) is 43.9 Å². The Bertz CT molecular complexity index is 373. The average Bonchev–Trinajstić information content (AvgIpc) is 3.01. The topological polar surface area (TPSA) is 30.5 Å². The van der Waals surface area contributed by atoms with E-state index < -0.39 is 0 Å². The lowest BCUT2D eigenvalue weighted by atomic mass is 9.89. The van der Waals surface area contributed by atoms with Crippen molar-refractivity contribution >= 4 is 11.3 Å². The Kier molecular flexibility index (Phi) is 3.71. The van der Waals surface area contributed by atoms with E-state index in [0.717, 1.165) is 39.1 Å². The van der Waals surface area contributed by atoms with Gasteiger partial charge in [0.15, 0.2) is 0 Å². The molecule has 0 aromatic carbocycles. The summed E-state index contributed by atoms with van der Waals surface area (Å²) in [6, 6.07) is 5.31. The lowest BCUT2D eigenvalue weighted by molar-refractivity contribution is -0.0902. The summed E-state index contributed by atoms with van der Waals surface area (Å²) in [5, 5.41) is 5.89. The van der Waals surface area contributed by atoms with Gasteiger partial charge >= 0.3 is 0 Å². The Morgan fingerprint density at radius 2 is 2.44 bits per heavy atom. The van der Waals surface area contributed by atoms with Gasteiger partial charge in [-0.2, -0.15) is 0 Å². The zero-order chi connectivity index (χ0) is 12.4. The van der Waals surface area contributed by atoms with Crippen molar-refractivity contribution in [3.63, 3.8) is 0 Å². The number of ether oxygens (including phenoxy) is 2. The van der Waals surface area contributed by atoms with Crippen molar-refractivity contribution in [2.75, 3.05) is 19.8 Å². The van der Waals surface area contributed by atoms with Crippen molar-refractivity contribution in [3.05, 3.63) is 22.4 Å². The largest absolute Gasteiger partial charge is 0.378 e. The first-order chi connectivity index (χ1) is 8.77. The molecule has 1 spiro atoms. The zero-order valence-corrected chi connectivity index (χ0v) is 11.7. The van der Waals surface area contributed by atoms with Crippen molar-refractivity contribution in [2.24, 2.45) is 0 Å². The molecule has 0 saturated carbocycles. The molecule has 1 aromatic rings. The second-order valence-electron chi connectivity index (χ2n) is 5.43. The highest BCUT2D eigenvalue weighted by Crippen LogP contribution is 2.33. The minimum absolute atomic E-state index is 0.00505. The van der Waals surface area contributed by atoms with Gasteiger partial charge in [-0.15, -0.1) is 11.3 Å². The Hall–Kier alpha value is -0.420. The minimum atomic E-state index is 0.00505. The van der Waals surface area contributed by atoms with Crippen LogP contribution < -0.4 is 5.32 Å².